The molecule has 17 heavy (non-hydrogen) atoms. The summed E-state index contributed by atoms with van der Waals surface area (Å²) in [6.45, 7) is 1.99. The van der Waals surface area contributed by atoms with Gasteiger partial charge in [-0.3, -0.25) is 4.90 Å². The molecule has 0 aromatic heterocycles. The van der Waals surface area contributed by atoms with Crippen LogP contribution in [0.25, 0.3) is 0 Å². The predicted octanol–water partition coefficient (Wildman–Crippen LogP) is 1.28. The number of aliphatic hydroxyl groups is 1. The van der Waals surface area contributed by atoms with Crippen LogP contribution in [0.3, 0.4) is 0 Å². The predicted molar refractivity (Wildman–Crippen MR) is 65.0 cm³/mol. The Kier molecular flexibility index (Phi) is 4.10. The minimum atomic E-state index is -0.567. The summed E-state index contributed by atoms with van der Waals surface area (Å²) in [5, 5.41) is 10.1. The first-order chi connectivity index (χ1) is 8.20. The lowest BCUT2D eigenvalue weighted by Crippen LogP contribution is -2.35. The fourth-order valence-electron chi connectivity index (χ4n) is 2.04. The van der Waals surface area contributed by atoms with E-state index in [1.807, 2.05) is 0 Å². The summed E-state index contributed by atoms with van der Waals surface area (Å²) in [4.78, 5) is 2.22. The molecule has 1 saturated carbocycles. The molecule has 1 aromatic rings. The minimum Gasteiger partial charge on any atom is -0.387 e. The minimum absolute atomic E-state index is 0.276. The summed E-state index contributed by atoms with van der Waals surface area (Å²) in [6.07, 6.45) is 1.81. The highest BCUT2D eigenvalue weighted by molar-refractivity contribution is 5.18. The van der Waals surface area contributed by atoms with Gasteiger partial charge in [0.15, 0.2) is 0 Å². The highest BCUT2D eigenvalue weighted by atomic mass is 19.1. The van der Waals surface area contributed by atoms with Gasteiger partial charge in [-0.2, -0.15) is 0 Å². The van der Waals surface area contributed by atoms with Gasteiger partial charge in [-0.05, 0) is 30.5 Å². The van der Waals surface area contributed by atoms with Crippen molar-refractivity contribution in [2.45, 2.75) is 25.0 Å². The Morgan fingerprint density at radius 1 is 1.35 bits per heavy atom. The van der Waals surface area contributed by atoms with Crippen LogP contribution in [0, 0.1) is 5.82 Å². The topological polar surface area (TPSA) is 49.5 Å². The van der Waals surface area contributed by atoms with Gasteiger partial charge in [-0.1, -0.05) is 12.1 Å². The van der Waals surface area contributed by atoms with Crippen molar-refractivity contribution in [2.24, 2.45) is 5.73 Å². The molecule has 0 radical (unpaired) electrons. The van der Waals surface area contributed by atoms with E-state index in [9.17, 15) is 9.50 Å². The summed E-state index contributed by atoms with van der Waals surface area (Å²) in [7, 11) is 0. The van der Waals surface area contributed by atoms with Crippen LogP contribution < -0.4 is 5.73 Å². The summed E-state index contributed by atoms with van der Waals surface area (Å²) >= 11 is 0. The molecule has 3 N–H and O–H groups in total. The molecule has 1 unspecified atom stereocenters. The molecule has 0 heterocycles. The molecular formula is C13H19FN2O. The molecule has 0 saturated heterocycles. The van der Waals surface area contributed by atoms with Crippen LogP contribution in [0.1, 0.15) is 24.5 Å². The van der Waals surface area contributed by atoms with Crippen LogP contribution in [-0.2, 0) is 0 Å². The van der Waals surface area contributed by atoms with Gasteiger partial charge in [-0.15, -0.1) is 0 Å². The fourth-order valence-corrected chi connectivity index (χ4v) is 2.04. The van der Waals surface area contributed by atoms with E-state index < -0.39 is 6.10 Å². The molecule has 94 valence electrons. The Labute approximate surface area is 101 Å². The van der Waals surface area contributed by atoms with Crippen molar-refractivity contribution in [1.29, 1.82) is 0 Å². The van der Waals surface area contributed by atoms with Crippen LogP contribution in [0.4, 0.5) is 4.39 Å². The van der Waals surface area contributed by atoms with E-state index in [2.05, 4.69) is 4.90 Å². The molecule has 1 aliphatic rings. The van der Waals surface area contributed by atoms with E-state index in [1.165, 1.54) is 25.0 Å². The zero-order valence-corrected chi connectivity index (χ0v) is 9.85. The third-order valence-corrected chi connectivity index (χ3v) is 3.14. The van der Waals surface area contributed by atoms with Crippen molar-refractivity contribution >= 4 is 0 Å². The molecule has 0 aliphatic heterocycles. The second-order valence-electron chi connectivity index (χ2n) is 4.58. The maximum Gasteiger partial charge on any atom is 0.123 e. The molecule has 4 heteroatoms. The van der Waals surface area contributed by atoms with Crippen LogP contribution in [0.15, 0.2) is 24.3 Å². The average Bonchev–Trinajstić information content (AvgIpc) is 3.13. The second kappa shape index (κ2) is 5.58. The largest absolute Gasteiger partial charge is 0.387 e. The molecule has 1 atom stereocenters. The smallest absolute Gasteiger partial charge is 0.123 e. The zero-order chi connectivity index (χ0) is 12.3. The van der Waals surface area contributed by atoms with Gasteiger partial charge in [0, 0.05) is 25.7 Å². The summed E-state index contributed by atoms with van der Waals surface area (Å²) in [5.74, 6) is -0.276. The molecule has 0 bridgehead atoms. The van der Waals surface area contributed by atoms with Crippen molar-refractivity contribution in [3.8, 4) is 0 Å². The maximum atomic E-state index is 12.8. The third kappa shape index (κ3) is 3.49. The van der Waals surface area contributed by atoms with E-state index in [1.54, 1.807) is 12.1 Å². The lowest BCUT2D eigenvalue weighted by atomic mass is 10.1. The van der Waals surface area contributed by atoms with Gasteiger partial charge >= 0.3 is 0 Å². The molecule has 0 spiro atoms. The van der Waals surface area contributed by atoms with Crippen LogP contribution in [0.2, 0.25) is 0 Å². The number of rotatable bonds is 6. The number of aliphatic hydroxyl groups excluding tert-OH is 1. The van der Waals surface area contributed by atoms with Crippen molar-refractivity contribution in [3.05, 3.63) is 35.6 Å². The standard InChI is InChI=1S/C13H19FN2O/c14-11-3-1-10(2-4-11)13(17)9-16(8-7-15)12-5-6-12/h1-4,12-13,17H,5-9,15H2. The summed E-state index contributed by atoms with van der Waals surface area (Å²) in [6, 6.07) is 6.60. The average molecular weight is 238 g/mol. The third-order valence-electron chi connectivity index (χ3n) is 3.14. The molecule has 1 aromatic carbocycles. The highest BCUT2D eigenvalue weighted by Crippen LogP contribution is 2.28. The van der Waals surface area contributed by atoms with E-state index in [-0.39, 0.29) is 5.82 Å². The number of hydrogen-bond acceptors (Lipinski definition) is 3. The van der Waals surface area contributed by atoms with E-state index in [0.29, 0.717) is 19.1 Å². The second-order valence-corrected chi connectivity index (χ2v) is 4.58. The first kappa shape index (κ1) is 12.5. The number of halogens is 1. The van der Waals surface area contributed by atoms with Gasteiger partial charge < -0.3 is 10.8 Å². The van der Waals surface area contributed by atoms with Crippen molar-refractivity contribution in [3.63, 3.8) is 0 Å². The molecule has 0 amide bonds. The molecular weight excluding hydrogens is 219 g/mol. The first-order valence-corrected chi connectivity index (χ1v) is 6.08. The normalized spacial score (nSPS) is 17.4. The highest BCUT2D eigenvalue weighted by Gasteiger charge is 2.29. The van der Waals surface area contributed by atoms with Gasteiger partial charge in [0.2, 0.25) is 0 Å². The molecule has 1 aliphatic carbocycles. The Bertz CT molecular complexity index is 351. The Morgan fingerprint density at radius 3 is 2.53 bits per heavy atom. The molecule has 1 fully saturated rings. The number of benzene rings is 1. The molecule has 3 nitrogen and oxygen atoms in total. The molecule has 2 rings (SSSR count). The summed E-state index contributed by atoms with van der Waals surface area (Å²) < 4.78 is 12.8. The summed E-state index contributed by atoms with van der Waals surface area (Å²) in [5.41, 5.74) is 6.31. The van der Waals surface area contributed by atoms with Crippen molar-refractivity contribution in [2.75, 3.05) is 19.6 Å². The lowest BCUT2D eigenvalue weighted by molar-refractivity contribution is 0.110. The number of hydrogen-bond donors (Lipinski definition) is 2. The van der Waals surface area contributed by atoms with Gasteiger partial charge in [0.1, 0.15) is 5.82 Å². The monoisotopic (exact) mass is 238 g/mol. The quantitative estimate of drug-likeness (QED) is 0.785. The SMILES string of the molecule is NCCN(CC(O)c1ccc(F)cc1)C1CC1. The first-order valence-electron chi connectivity index (χ1n) is 6.08. The van der Waals surface area contributed by atoms with E-state index in [4.69, 9.17) is 5.73 Å². The van der Waals surface area contributed by atoms with Gasteiger partial charge in [0.05, 0.1) is 6.10 Å². The fraction of sp³-hybridized carbons (Fsp3) is 0.538. The zero-order valence-electron chi connectivity index (χ0n) is 9.85. The van der Waals surface area contributed by atoms with E-state index >= 15 is 0 Å². The Balaban J connectivity index is 1.94. The number of nitrogens with two attached hydrogens (primary N) is 1. The van der Waals surface area contributed by atoms with Crippen LogP contribution >= 0.6 is 0 Å². The van der Waals surface area contributed by atoms with Gasteiger partial charge in [-0.25, -0.2) is 4.39 Å². The number of nitrogens with zero attached hydrogens (tertiary/aromatic N) is 1. The van der Waals surface area contributed by atoms with E-state index in [0.717, 1.165) is 12.1 Å². The van der Waals surface area contributed by atoms with Gasteiger partial charge in [0.25, 0.3) is 0 Å². The van der Waals surface area contributed by atoms with Crippen molar-refractivity contribution in [1.82, 2.24) is 4.90 Å². The lowest BCUT2D eigenvalue weighted by Gasteiger charge is -2.24. The van der Waals surface area contributed by atoms with Crippen LogP contribution in [0.5, 0.6) is 0 Å². The van der Waals surface area contributed by atoms with Crippen molar-refractivity contribution < 1.29 is 9.50 Å². The Morgan fingerprint density at radius 2 is 2.00 bits per heavy atom. The Hall–Kier alpha value is -0.970. The maximum absolute atomic E-state index is 12.8. The van der Waals surface area contributed by atoms with Crippen LogP contribution in [-0.4, -0.2) is 35.7 Å².